The van der Waals surface area contributed by atoms with Crippen LogP contribution in [0.4, 0.5) is 0 Å². The van der Waals surface area contributed by atoms with E-state index in [-0.39, 0.29) is 18.2 Å². The molecular formula is C14H14Cl2N2O. The largest absolute Gasteiger partial charge is 0.489 e. The molecular weight excluding hydrogens is 283 g/mol. The molecule has 100 valence electrons. The summed E-state index contributed by atoms with van der Waals surface area (Å²) >= 11 is 5.81. The number of nitrogen functional groups attached to an aromatic ring is 1. The third-order valence-corrected chi connectivity index (χ3v) is 2.72. The Morgan fingerprint density at radius 1 is 1.16 bits per heavy atom. The summed E-state index contributed by atoms with van der Waals surface area (Å²) in [6, 6.07) is 14.7. The Morgan fingerprint density at radius 3 is 2.47 bits per heavy atom. The van der Waals surface area contributed by atoms with E-state index in [9.17, 15) is 0 Å². The Labute approximate surface area is 123 Å². The van der Waals surface area contributed by atoms with Crippen LogP contribution >= 0.6 is 24.0 Å². The molecule has 2 aromatic rings. The second kappa shape index (κ2) is 7.02. The number of ether oxygens (including phenoxy) is 1. The highest BCUT2D eigenvalue weighted by Crippen LogP contribution is 2.16. The first kappa shape index (κ1) is 15.3. The number of benzene rings is 2. The molecule has 0 radical (unpaired) electrons. The van der Waals surface area contributed by atoms with Crippen LogP contribution in [0.25, 0.3) is 0 Å². The Balaban J connectivity index is 0.00000180. The number of amidine groups is 1. The number of halogens is 2. The van der Waals surface area contributed by atoms with E-state index in [0.29, 0.717) is 22.9 Å². The molecule has 0 spiro atoms. The fourth-order valence-electron chi connectivity index (χ4n) is 1.50. The van der Waals surface area contributed by atoms with E-state index in [0.717, 1.165) is 5.56 Å². The molecule has 0 heterocycles. The highest BCUT2D eigenvalue weighted by Gasteiger charge is 2.00. The average molecular weight is 297 g/mol. The summed E-state index contributed by atoms with van der Waals surface area (Å²) in [5, 5.41) is 8.07. The van der Waals surface area contributed by atoms with Gasteiger partial charge in [0.2, 0.25) is 0 Å². The van der Waals surface area contributed by atoms with Crippen molar-refractivity contribution in [2.24, 2.45) is 5.73 Å². The maximum atomic E-state index is 7.36. The Hall–Kier alpha value is -1.71. The Kier molecular flexibility index (Phi) is 5.67. The lowest BCUT2D eigenvalue weighted by molar-refractivity contribution is 0.306. The van der Waals surface area contributed by atoms with E-state index < -0.39 is 0 Å². The van der Waals surface area contributed by atoms with E-state index in [1.54, 1.807) is 12.1 Å². The second-order valence-electron chi connectivity index (χ2n) is 3.86. The van der Waals surface area contributed by atoms with Crippen LogP contribution in [0.3, 0.4) is 0 Å². The van der Waals surface area contributed by atoms with Crippen molar-refractivity contribution in [2.75, 3.05) is 0 Å². The lowest BCUT2D eigenvalue weighted by atomic mass is 10.2. The zero-order valence-electron chi connectivity index (χ0n) is 10.1. The van der Waals surface area contributed by atoms with Gasteiger partial charge in [0.15, 0.2) is 0 Å². The molecule has 2 rings (SSSR count). The molecule has 0 saturated carbocycles. The number of hydrogen-bond acceptors (Lipinski definition) is 2. The molecule has 0 bridgehead atoms. The van der Waals surface area contributed by atoms with Crippen LogP contribution in [0, 0.1) is 5.41 Å². The minimum absolute atomic E-state index is 0. The van der Waals surface area contributed by atoms with Gasteiger partial charge in [0, 0.05) is 10.6 Å². The van der Waals surface area contributed by atoms with Gasteiger partial charge in [-0.25, -0.2) is 0 Å². The van der Waals surface area contributed by atoms with E-state index >= 15 is 0 Å². The van der Waals surface area contributed by atoms with Gasteiger partial charge < -0.3 is 10.5 Å². The number of rotatable bonds is 4. The molecule has 0 aromatic heterocycles. The summed E-state index contributed by atoms with van der Waals surface area (Å²) in [4.78, 5) is 0. The average Bonchev–Trinajstić information content (AvgIpc) is 2.38. The van der Waals surface area contributed by atoms with Gasteiger partial charge in [0.1, 0.15) is 18.2 Å². The third kappa shape index (κ3) is 4.47. The van der Waals surface area contributed by atoms with Gasteiger partial charge in [-0.1, -0.05) is 35.9 Å². The topological polar surface area (TPSA) is 59.1 Å². The highest BCUT2D eigenvalue weighted by molar-refractivity contribution is 6.30. The van der Waals surface area contributed by atoms with Gasteiger partial charge in [-0.3, -0.25) is 5.41 Å². The smallest absolute Gasteiger partial charge is 0.122 e. The quantitative estimate of drug-likeness (QED) is 0.669. The zero-order valence-corrected chi connectivity index (χ0v) is 11.7. The number of nitrogens with two attached hydrogens (primary N) is 1. The molecule has 2 aromatic carbocycles. The lowest BCUT2D eigenvalue weighted by Crippen LogP contribution is -2.10. The normalized spacial score (nSPS) is 9.53. The van der Waals surface area contributed by atoms with E-state index in [1.165, 1.54) is 0 Å². The first-order chi connectivity index (χ1) is 8.65. The minimum Gasteiger partial charge on any atom is -0.489 e. The van der Waals surface area contributed by atoms with Crippen LogP contribution in [-0.4, -0.2) is 5.84 Å². The molecule has 0 amide bonds. The van der Waals surface area contributed by atoms with Gasteiger partial charge in [0.25, 0.3) is 0 Å². The van der Waals surface area contributed by atoms with Crippen molar-refractivity contribution in [1.82, 2.24) is 0 Å². The maximum absolute atomic E-state index is 7.36. The van der Waals surface area contributed by atoms with Crippen molar-refractivity contribution >= 4 is 29.8 Å². The highest BCUT2D eigenvalue weighted by atomic mass is 35.5. The predicted molar refractivity (Wildman–Crippen MR) is 80.5 cm³/mol. The molecule has 0 aliphatic rings. The molecule has 19 heavy (non-hydrogen) atoms. The van der Waals surface area contributed by atoms with E-state index in [4.69, 9.17) is 27.5 Å². The number of hydrogen-bond donors (Lipinski definition) is 2. The summed E-state index contributed by atoms with van der Waals surface area (Å²) in [5.74, 6) is 0.726. The summed E-state index contributed by atoms with van der Waals surface area (Å²) < 4.78 is 5.63. The van der Waals surface area contributed by atoms with Crippen LogP contribution in [-0.2, 0) is 6.61 Å². The molecule has 0 unspecified atom stereocenters. The third-order valence-electron chi connectivity index (χ3n) is 2.46. The summed E-state index contributed by atoms with van der Waals surface area (Å²) in [6.07, 6.45) is 0. The monoisotopic (exact) mass is 296 g/mol. The van der Waals surface area contributed by atoms with Crippen molar-refractivity contribution in [2.45, 2.75) is 6.61 Å². The number of nitrogens with one attached hydrogen (secondary N) is 1. The van der Waals surface area contributed by atoms with Crippen LogP contribution in [0.1, 0.15) is 11.1 Å². The van der Waals surface area contributed by atoms with Gasteiger partial charge in [-0.05, 0) is 29.8 Å². The maximum Gasteiger partial charge on any atom is 0.122 e. The minimum atomic E-state index is 0. The van der Waals surface area contributed by atoms with Crippen molar-refractivity contribution in [3.05, 3.63) is 64.7 Å². The van der Waals surface area contributed by atoms with Gasteiger partial charge >= 0.3 is 0 Å². The first-order valence-electron chi connectivity index (χ1n) is 5.47. The molecule has 0 aliphatic heterocycles. The van der Waals surface area contributed by atoms with Gasteiger partial charge in [-0.2, -0.15) is 0 Å². The first-order valence-corrected chi connectivity index (χ1v) is 5.84. The zero-order chi connectivity index (χ0) is 13.0. The van der Waals surface area contributed by atoms with Crippen LogP contribution in [0.5, 0.6) is 5.75 Å². The Morgan fingerprint density at radius 2 is 1.84 bits per heavy atom. The standard InChI is InChI=1S/C14H13ClN2O.ClH/c15-12-6-4-10(5-7-12)9-18-13-3-1-2-11(8-13)14(16)17;/h1-8H,9H2,(H3,16,17);1H. The summed E-state index contributed by atoms with van der Waals surface area (Å²) in [6.45, 7) is 0.457. The molecule has 0 fully saturated rings. The van der Waals surface area contributed by atoms with Gasteiger partial charge in [-0.15, -0.1) is 12.4 Å². The molecule has 3 N–H and O–H groups in total. The van der Waals surface area contributed by atoms with Crippen molar-refractivity contribution < 1.29 is 4.74 Å². The predicted octanol–water partition coefficient (Wildman–Crippen LogP) is 3.62. The SMILES string of the molecule is Cl.N=C(N)c1cccc(OCc2ccc(Cl)cc2)c1. The van der Waals surface area contributed by atoms with Crippen LogP contribution < -0.4 is 10.5 Å². The Bertz CT molecular complexity index is 556. The fraction of sp³-hybridized carbons (Fsp3) is 0.0714. The molecule has 0 saturated heterocycles. The van der Waals surface area contributed by atoms with E-state index in [1.807, 2.05) is 36.4 Å². The van der Waals surface area contributed by atoms with Crippen LogP contribution in [0.2, 0.25) is 5.02 Å². The van der Waals surface area contributed by atoms with Crippen LogP contribution in [0.15, 0.2) is 48.5 Å². The van der Waals surface area contributed by atoms with Crippen molar-refractivity contribution in [3.63, 3.8) is 0 Å². The molecule has 0 aliphatic carbocycles. The van der Waals surface area contributed by atoms with E-state index in [2.05, 4.69) is 0 Å². The lowest BCUT2D eigenvalue weighted by Gasteiger charge is -2.07. The molecule has 5 heteroatoms. The van der Waals surface area contributed by atoms with Gasteiger partial charge in [0.05, 0.1) is 0 Å². The molecule has 0 atom stereocenters. The molecule has 3 nitrogen and oxygen atoms in total. The van der Waals surface area contributed by atoms with Crippen molar-refractivity contribution in [3.8, 4) is 5.75 Å². The second-order valence-corrected chi connectivity index (χ2v) is 4.29. The summed E-state index contributed by atoms with van der Waals surface area (Å²) in [5.41, 5.74) is 7.11. The fourth-order valence-corrected chi connectivity index (χ4v) is 1.63. The summed E-state index contributed by atoms with van der Waals surface area (Å²) in [7, 11) is 0. The van der Waals surface area contributed by atoms with Crippen molar-refractivity contribution in [1.29, 1.82) is 5.41 Å².